The predicted octanol–water partition coefficient (Wildman–Crippen LogP) is 1.30. The molecule has 1 heterocycles. The maximum atomic E-state index is 10.8. The van der Waals surface area contributed by atoms with Crippen molar-refractivity contribution in [2.75, 3.05) is 12.3 Å². The summed E-state index contributed by atoms with van der Waals surface area (Å²) in [5.74, 6) is 0.478. The summed E-state index contributed by atoms with van der Waals surface area (Å²) in [5.41, 5.74) is 0. The second-order valence-electron chi connectivity index (χ2n) is 2.65. The van der Waals surface area contributed by atoms with E-state index in [4.69, 9.17) is 4.89 Å². The molecule has 0 aromatic rings. The summed E-state index contributed by atoms with van der Waals surface area (Å²) in [6.07, 6.45) is 2.04. The lowest BCUT2D eigenvalue weighted by Gasteiger charge is -1.98. The molecular weight excluding hydrogens is 123 g/mol. The van der Waals surface area contributed by atoms with Gasteiger partial charge in [0.2, 0.25) is 7.37 Å². The average Bonchev–Trinajstić information content (AvgIpc) is 1.82. The van der Waals surface area contributed by atoms with Gasteiger partial charge in [-0.2, -0.15) is 0 Å². The molecule has 1 aliphatic heterocycles. The molecule has 8 heavy (non-hydrogen) atoms. The summed E-state index contributed by atoms with van der Waals surface area (Å²) in [6.45, 7) is 2.02. The van der Waals surface area contributed by atoms with E-state index < -0.39 is 7.37 Å². The molecule has 2 atom stereocenters. The minimum Gasteiger partial charge on any atom is -0.344 e. The molecule has 1 saturated heterocycles. The fourth-order valence-corrected chi connectivity index (χ4v) is 3.28. The van der Waals surface area contributed by atoms with Gasteiger partial charge in [-0.05, 0) is 12.3 Å². The van der Waals surface area contributed by atoms with E-state index in [9.17, 15) is 4.57 Å². The smallest absolute Gasteiger partial charge is 0.200 e. The fraction of sp³-hybridized carbons (Fsp3) is 1.00. The predicted molar refractivity (Wildman–Crippen MR) is 33.3 cm³/mol. The summed E-state index contributed by atoms with van der Waals surface area (Å²) >= 11 is 0. The Kier molecular flexibility index (Phi) is 1.46. The Balaban J connectivity index is 2.57. The van der Waals surface area contributed by atoms with Crippen LogP contribution in [0, 0.1) is 5.92 Å². The van der Waals surface area contributed by atoms with Gasteiger partial charge in [0, 0.05) is 12.3 Å². The molecule has 0 spiro atoms. The summed E-state index contributed by atoms with van der Waals surface area (Å²) in [6, 6.07) is 0. The van der Waals surface area contributed by atoms with E-state index in [1.54, 1.807) is 0 Å². The minimum atomic E-state index is -2.60. The zero-order valence-electron chi connectivity index (χ0n) is 5.00. The highest BCUT2D eigenvalue weighted by Crippen LogP contribution is 2.49. The van der Waals surface area contributed by atoms with Crippen LogP contribution < -0.4 is 0 Å². The number of hydrogen-bond donors (Lipinski definition) is 1. The van der Waals surface area contributed by atoms with Gasteiger partial charge in [0.15, 0.2) is 0 Å². The van der Waals surface area contributed by atoms with E-state index >= 15 is 0 Å². The highest BCUT2D eigenvalue weighted by Gasteiger charge is 2.28. The standard InChI is InChI=1S/C5H11O2P/c1-5-2-3-8(6,7)4-5/h5H,2-4H2,1H3,(H,6,7). The third kappa shape index (κ3) is 1.33. The maximum Gasteiger partial charge on any atom is 0.200 e. The highest BCUT2D eigenvalue weighted by atomic mass is 31.2. The molecule has 1 N–H and O–H groups in total. The summed E-state index contributed by atoms with van der Waals surface area (Å²) in [4.78, 5) is 8.92. The molecule has 2 nitrogen and oxygen atoms in total. The first-order chi connectivity index (χ1) is 3.60. The van der Waals surface area contributed by atoms with Gasteiger partial charge in [0.1, 0.15) is 0 Å². The van der Waals surface area contributed by atoms with E-state index in [-0.39, 0.29) is 0 Å². The van der Waals surface area contributed by atoms with Crippen LogP contribution >= 0.6 is 7.37 Å². The third-order valence-electron chi connectivity index (χ3n) is 1.57. The molecule has 0 aliphatic carbocycles. The van der Waals surface area contributed by atoms with E-state index in [1.807, 2.05) is 6.92 Å². The van der Waals surface area contributed by atoms with Crippen LogP contribution in [0.4, 0.5) is 0 Å². The highest BCUT2D eigenvalue weighted by molar-refractivity contribution is 7.58. The van der Waals surface area contributed by atoms with Gasteiger partial charge in [-0.15, -0.1) is 0 Å². The largest absolute Gasteiger partial charge is 0.344 e. The van der Waals surface area contributed by atoms with Crippen molar-refractivity contribution < 1.29 is 9.46 Å². The molecule has 0 radical (unpaired) electrons. The maximum absolute atomic E-state index is 10.8. The molecule has 48 valence electrons. The van der Waals surface area contributed by atoms with Crippen LogP contribution in [0.3, 0.4) is 0 Å². The van der Waals surface area contributed by atoms with Crippen LogP contribution in [0.5, 0.6) is 0 Å². The Morgan fingerprint density at radius 2 is 2.38 bits per heavy atom. The van der Waals surface area contributed by atoms with Crippen LogP contribution in [0.15, 0.2) is 0 Å². The molecular formula is C5H11O2P. The van der Waals surface area contributed by atoms with Crippen molar-refractivity contribution >= 4 is 7.37 Å². The van der Waals surface area contributed by atoms with Gasteiger partial charge < -0.3 is 4.89 Å². The van der Waals surface area contributed by atoms with Gasteiger partial charge in [0.05, 0.1) is 0 Å². The average molecular weight is 134 g/mol. The zero-order valence-corrected chi connectivity index (χ0v) is 5.90. The van der Waals surface area contributed by atoms with Gasteiger partial charge in [-0.25, -0.2) is 0 Å². The Bertz CT molecular complexity index is 132. The van der Waals surface area contributed by atoms with Crippen molar-refractivity contribution in [3.8, 4) is 0 Å². The van der Waals surface area contributed by atoms with Gasteiger partial charge in [-0.3, -0.25) is 4.57 Å². The summed E-state index contributed by atoms with van der Waals surface area (Å²) in [5, 5.41) is 0. The van der Waals surface area contributed by atoms with Crippen LogP contribution in [-0.2, 0) is 4.57 Å². The SMILES string of the molecule is CC1CCP(=O)(O)C1. The van der Waals surface area contributed by atoms with Gasteiger partial charge in [0.25, 0.3) is 0 Å². The first-order valence-corrected chi connectivity index (χ1v) is 4.94. The van der Waals surface area contributed by atoms with Gasteiger partial charge >= 0.3 is 0 Å². The quantitative estimate of drug-likeness (QED) is 0.507. The number of hydrogen-bond acceptors (Lipinski definition) is 1. The molecule has 1 aliphatic rings. The van der Waals surface area contributed by atoms with E-state index in [2.05, 4.69) is 0 Å². The second-order valence-corrected chi connectivity index (χ2v) is 5.15. The molecule has 0 saturated carbocycles. The van der Waals surface area contributed by atoms with Crippen molar-refractivity contribution in [1.82, 2.24) is 0 Å². The monoisotopic (exact) mass is 134 g/mol. The van der Waals surface area contributed by atoms with Crippen LogP contribution in [0.2, 0.25) is 0 Å². The normalized spacial score (nSPS) is 47.5. The van der Waals surface area contributed by atoms with Crippen molar-refractivity contribution in [2.24, 2.45) is 5.92 Å². The van der Waals surface area contributed by atoms with Crippen LogP contribution in [-0.4, -0.2) is 17.2 Å². The molecule has 2 unspecified atom stereocenters. The molecule has 1 fully saturated rings. The molecule has 0 aromatic carbocycles. The molecule has 0 amide bonds. The Morgan fingerprint density at radius 1 is 1.75 bits per heavy atom. The van der Waals surface area contributed by atoms with Crippen molar-refractivity contribution in [2.45, 2.75) is 13.3 Å². The Labute approximate surface area is 49.4 Å². The van der Waals surface area contributed by atoms with E-state index in [0.29, 0.717) is 18.2 Å². The first kappa shape index (κ1) is 6.31. The van der Waals surface area contributed by atoms with Gasteiger partial charge in [-0.1, -0.05) is 6.92 Å². The van der Waals surface area contributed by atoms with Crippen molar-refractivity contribution in [1.29, 1.82) is 0 Å². The third-order valence-corrected chi connectivity index (χ3v) is 3.72. The molecule has 0 aromatic heterocycles. The molecule has 0 bridgehead atoms. The second kappa shape index (κ2) is 1.85. The van der Waals surface area contributed by atoms with Crippen molar-refractivity contribution in [3.05, 3.63) is 0 Å². The lowest BCUT2D eigenvalue weighted by atomic mass is 10.2. The number of rotatable bonds is 0. The minimum absolute atomic E-state index is 0.478. The first-order valence-electron chi connectivity index (χ1n) is 2.91. The Hall–Kier alpha value is 0.190. The lowest BCUT2D eigenvalue weighted by molar-refractivity contribution is 0.483. The van der Waals surface area contributed by atoms with E-state index in [1.165, 1.54) is 0 Å². The topological polar surface area (TPSA) is 37.3 Å². The van der Waals surface area contributed by atoms with Crippen LogP contribution in [0.1, 0.15) is 13.3 Å². The molecule has 1 rings (SSSR count). The fourth-order valence-electron chi connectivity index (χ4n) is 1.09. The lowest BCUT2D eigenvalue weighted by Crippen LogP contribution is -1.88. The summed E-state index contributed by atoms with van der Waals surface area (Å²) in [7, 11) is -2.60. The van der Waals surface area contributed by atoms with Crippen LogP contribution in [0.25, 0.3) is 0 Å². The zero-order chi connectivity index (χ0) is 6.20. The van der Waals surface area contributed by atoms with Crippen molar-refractivity contribution in [3.63, 3.8) is 0 Å². The Morgan fingerprint density at radius 3 is 2.50 bits per heavy atom. The van der Waals surface area contributed by atoms with E-state index in [0.717, 1.165) is 6.42 Å². The summed E-state index contributed by atoms with van der Waals surface area (Å²) < 4.78 is 10.8. The molecule has 3 heteroatoms.